The van der Waals surface area contributed by atoms with Crippen molar-refractivity contribution in [2.45, 2.75) is 32.2 Å². The fraction of sp³-hybridized carbons (Fsp3) is 0.500. The van der Waals surface area contributed by atoms with Crippen molar-refractivity contribution in [3.05, 3.63) is 18.2 Å². The predicted molar refractivity (Wildman–Crippen MR) is 66.8 cm³/mol. The number of nitrogens with one attached hydrogen (secondary N) is 1. The van der Waals surface area contributed by atoms with E-state index in [0.29, 0.717) is 6.04 Å². The van der Waals surface area contributed by atoms with Crippen molar-refractivity contribution in [2.75, 3.05) is 5.32 Å². The third-order valence-corrected chi connectivity index (χ3v) is 4.21. The third-order valence-electron chi connectivity index (χ3n) is 3.07. The van der Waals surface area contributed by atoms with E-state index in [-0.39, 0.29) is 14.6 Å². The van der Waals surface area contributed by atoms with Crippen LogP contribution < -0.4 is 5.32 Å². The van der Waals surface area contributed by atoms with E-state index in [1.54, 1.807) is 0 Å². The normalized spacial score (nSPS) is 19.1. The number of fused-ring (bicyclic) bond motifs is 1. The van der Waals surface area contributed by atoms with Crippen LogP contribution in [0.4, 0.5) is 17.1 Å². The molecule has 1 heterocycles. The minimum absolute atomic E-state index is 0.0693. The Hall–Kier alpha value is -0.861. The Balaban J connectivity index is 1.74. The van der Waals surface area contributed by atoms with Crippen LogP contribution in [0.5, 0.6) is 0 Å². The molecule has 1 saturated carbocycles. The van der Waals surface area contributed by atoms with Gasteiger partial charge in [-0.25, -0.2) is 0 Å². The first kappa shape index (κ1) is 10.3. The van der Waals surface area contributed by atoms with Gasteiger partial charge >= 0.3 is 101 Å². The second-order valence-electron chi connectivity index (χ2n) is 4.66. The number of nitrogens with zero attached hydrogens (tertiary/aromatic N) is 2. The minimum atomic E-state index is 0.0693. The maximum atomic E-state index is 4.48. The van der Waals surface area contributed by atoms with E-state index in [9.17, 15) is 0 Å². The number of anilines is 1. The van der Waals surface area contributed by atoms with Gasteiger partial charge in [-0.1, -0.05) is 0 Å². The molecule has 0 spiro atoms. The number of rotatable bonds is 4. The van der Waals surface area contributed by atoms with E-state index < -0.39 is 0 Å². The molecule has 1 atom stereocenters. The first-order valence-corrected chi connectivity index (χ1v) is 7.34. The van der Waals surface area contributed by atoms with Crippen molar-refractivity contribution >= 4 is 31.6 Å². The molecule has 2 aliphatic rings. The summed E-state index contributed by atoms with van der Waals surface area (Å²) < 4.78 is 8.88. The van der Waals surface area contributed by atoms with Crippen molar-refractivity contribution < 1.29 is 0 Å². The molecule has 0 bridgehead atoms. The van der Waals surface area contributed by atoms with E-state index in [1.807, 2.05) is 6.07 Å². The molecule has 0 aromatic heterocycles. The average Bonchev–Trinajstić information content (AvgIpc) is 2.94. The molecule has 1 unspecified atom stereocenters. The molecule has 1 fully saturated rings. The van der Waals surface area contributed by atoms with Gasteiger partial charge < -0.3 is 0 Å². The molecule has 1 aliphatic carbocycles. The molecular weight excluding hydrogens is 265 g/mol. The Morgan fingerprint density at radius 1 is 1.44 bits per heavy atom. The van der Waals surface area contributed by atoms with Gasteiger partial charge in [-0.3, -0.25) is 0 Å². The van der Waals surface area contributed by atoms with E-state index in [2.05, 4.69) is 32.3 Å². The van der Waals surface area contributed by atoms with E-state index in [0.717, 1.165) is 23.0 Å². The van der Waals surface area contributed by atoms with Gasteiger partial charge in [-0.2, -0.15) is 0 Å². The van der Waals surface area contributed by atoms with Crippen molar-refractivity contribution in [3.8, 4) is 0 Å². The molecular formula is C12H15N3Se. The summed E-state index contributed by atoms with van der Waals surface area (Å²) in [6, 6.07) is 6.76. The fourth-order valence-corrected chi connectivity index (χ4v) is 3.25. The standard InChI is InChI=1S/C12H15N3Se/c1-8(7-9-5-6-9)13-10-3-2-4-11-12(10)15-16-14-11/h2-4,8-9,13H,5-7H2,1H3. The van der Waals surface area contributed by atoms with Crippen LogP contribution in [-0.2, 0) is 0 Å². The zero-order valence-electron chi connectivity index (χ0n) is 9.31. The zero-order chi connectivity index (χ0) is 11.0. The van der Waals surface area contributed by atoms with Crippen LogP contribution in [0.15, 0.2) is 26.1 Å². The summed E-state index contributed by atoms with van der Waals surface area (Å²) in [5, 5.41) is 3.57. The Morgan fingerprint density at radius 2 is 2.31 bits per heavy atom. The zero-order valence-corrected chi connectivity index (χ0v) is 11.0. The Bertz CT molecular complexity index is 473. The quantitative estimate of drug-likeness (QED) is 0.853. The van der Waals surface area contributed by atoms with Gasteiger partial charge in [0.25, 0.3) is 0 Å². The third kappa shape index (κ3) is 2.13. The maximum absolute atomic E-state index is 4.48. The predicted octanol–water partition coefficient (Wildman–Crippen LogP) is 3.64. The van der Waals surface area contributed by atoms with Crippen LogP contribution in [0.25, 0.3) is 0 Å². The first-order valence-electron chi connectivity index (χ1n) is 5.81. The van der Waals surface area contributed by atoms with Crippen LogP contribution in [0.2, 0.25) is 0 Å². The molecule has 1 aliphatic heterocycles. The van der Waals surface area contributed by atoms with Crippen LogP contribution in [-0.4, -0.2) is 20.6 Å². The van der Waals surface area contributed by atoms with Crippen LogP contribution in [0, 0.1) is 5.92 Å². The molecule has 0 saturated heterocycles. The van der Waals surface area contributed by atoms with E-state index >= 15 is 0 Å². The summed E-state index contributed by atoms with van der Waals surface area (Å²) in [7, 11) is 0. The van der Waals surface area contributed by atoms with Gasteiger partial charge in [-0.15, -0.1) is 0 Å². The van der Waals surface area contributed by atoms with E-state index in [4.69, 9.17) is 0 Å². The molecule has 84 valence electrons. The number of hydrogen-bond donors (Lipinski definition) is 1. The van der Waals surface area contributed by atoms with Gasteiger partial charge in [-0.05, 0) is 0 Å². The summed E-state index contributed by atoms with van der Waals surface area (Å²) in [6.45, 7) is 2.26. The number of hydrogen-bond acceptors (Lipinski definition) is 3. The molecule has 3 rings (SSSR count). The molecule has 1 aromatic rings. The summed E-state index contributed by atoms with van der Waals surface area (Å²) >= 11 is 0.0693. The topological polar surface area (TPSA) is 36.8 Å². The van der Waals surface area contributed by atoms with Gasteiger partial charge in [0.05, 0.1) is 0 Å². The van der Waals surface area contributed by atoms with Gasteiger partial charge in [0.2, 0.25) is 0 Å². The van der Waals surface area contributed by atoms with Gasteiger partial charge in [0.15, 0.2) is 0 Å². The summed E-state index contributed by atoms with van der Waals surface area (Å²) in [5.74, 6) is 0.963. The SMILES string of the molecule is CC(CC1CC1)Nc1cccc2c1N=[Se]=N2. The van der Waals surface area contributed by atoms with Crippen molar-refractivity contribution in [2.24, 2.45) is 13.8 Å². The molecule has 1 aromatic carbocycles. The second kappa shape index (κ2) is 4.19. The summed E-state index contributed by atoms with van der Waals surface area (Å²) in [5.41, 5.74) is 3.29. The van der Waals surface area contributed by atoms with Crippen molar-refractivity contribution in [1.29, 1.82) is 0 Å². The van der Waals surface area contributed by atoms with E-state index in [1.165, 1.54) is 19.3 Å². The fourth-order valence-electron chi connectivity index (χ4n) is 2.10. The molecule has 3 nitrogen and oxygen atoms in total. The molecule has 0 radical (unpaired) electrons. The number of benzene rings is 1. The summed E-state index contributed by atoms with van der Waals surface area (Å²) in [6.07, 6.45) is 4.12. The monoisotopic (exact) mass is 281 g/mol. The Labute approximate surface area is 101 Å². The molecule has 4 heteroatoms. The second-order valence-corrected chi connectivity index (χ2v) is 5.77. The van der Waals surface area contributed by atoms with Crippen LogP contribution in [0.3, 0.4) is 0 Å². The Kier molecular flexibility index (Phi) is 2.70. The molecule has 0 amide bonds. The van der Waals surface area contributed by atoms with Crippen LogP contribution >= 0.6 is 0 Å². The molecule has 1 N–H and O–H groups in total. The van der Waals surface area contributed by atoms with Gasteiger partial charge in [0, 0.05) is 0 Å². The van der Waals surface area contributed by atoms with Crippen LogP contribution in [0.1, 0.15) is 26.2 Å². The summed E-state index contributed by atoms with van der Waals surface area (Å²) in [4.78, 5) is 0. The Morgan fingerprint density at radius 3 is 3.12 bits per heavy atom. The van der Waals surface area contributed by atoms with Crippen molar-refractivity contribution in [3.63, 3.8) is 0 Å². The first-order chi connectivity index (χ1) is 7.83. The average molecular weight is 280 g/mol. The molecule has 16 heavy (non-hydrogen) atoms. The van der Waals surface area contributed by atoms with Crippen molar-refractivity contribution in [1.82, 2.24) is 0 Å². The van der Waals surface area contributed by atoms with Gasteiger partial charge in [0.1, 0.15) is 0 Å².